The van der Waals surface area contributed by atoms with E-state index < -0.39 is 5.41 Å². The van der Waals surface area contributed by atoms with Gasteiger partial charge in [-0.15, -0.1) is 0 Å². The second-order valence-electron chi connectivity index (χ2n) is 19.4. The standard InChI is InChI=1S/C66H45N/c1-2-18-42(19-3-1)55-40-57-53-27-11-15-31-61(53)66(59-29-13-9-25-51(59)52-26-10-14-30-60(52)66)63(57)41-64(55)67(44-33-35-54-50-24-8-12-28-58(50)65(62(54)39-44)36-16-17-37-65)43-32-34-49-47-22-5-4-20-45(47)46-21-6-7-23-48(46)56(49)38-43/h1-15,18-35,38-41H,16-17,36-37H2. The van der Waals surface area contributed by atoms with Crippen LogP contribution in [0.15, 0.2) is 224 Å². The van der Waals surface area contributed by atoms with Gasteiger partial charge in [0, 0.05) is 22.4 Å². The highest BCUT2D eigenvalue weighted by Gasteiger charge is 2.52. The van der Waals surface area contributed by atoms with Gasteiger partial charge in [0.05, 0.1) is 11.1 Å². The average Bonchev–Trinajstić information content (AvgIpc) is 4.15. The lowest BCUT2D eigenvalue weighted by Gasteiger charge is -2.34. The van der Waals surface area contributed by atoms with Gasteiger partial charge < -0.3 is 4.90 Å². The molecular formula is C66H45N. The van der Waals surface area contributed by atoms with Gasteiger partial charge in [-0.25, -0.2) is 0 Å². The minimum atomic E-state index is -0.485. The van der Waals surface area contributed by atoms with Crippen molar-refractivity contribution in [3.63, 3.8) is 0 Å². The van der Waals surface area contributed by atoms with Crippen molar-refractivity contribution in [2.24, 2.45) is 0 Å². The van der Waals surface area contributed by atoms with Gasteiger partial charge >= 0.3 is 0 Å². The van der Waals surface area contributed by atoms with Crippen LogP contribution in [0, 0.1) is 0 Å². The average molecular weight is 852 g/mol. The van der Waals surface area contributed by atoms with E-state index in [-0.39, 0.29) is 5.41 Å². The van der Waals surface area contributed by atoms with E-state index in [1.807, 2.05) is 0 Å². The van der Waals surface area contributed by atoms with Gasteiger partial charge in [0.25, 0.3) is 0 Å². The van der Waals surface area contributed by atoms with E-state index in [1.54, 1.807) is 0 Å². The molecule has 11 aromatic rings. The molecule has 2 spiro atoms. The molecule has 0 aliphatic heterocycles. The molecule has 0 atom stereocenters. The maximum Gasteiger partial charge on any atom is 0.0726 e. The number of anilines is 3. The Bertz CT molecular complexity index is 3810. The Labute approximate surface area is 391 Å². The molecule has 1 nitrogen and oxygen atoms in total. The number of benzene rings is 11. The van der Waals surface area contributed by atoms with Crippen LogP contribution in [-0.4, -0.2) is 0 Å². The first kappa shape index (κ1) is 37.2. The molecule has 1 fully saturated rings. The summed E-state index contributed by atoms with van der Waals surface area (Å²) in [6, 6.07) is 85.7. The van der Waals surface area contributed by atoms with Crippen LogP contribution >= 0.6 is 0 Å². The van der Waals surface area contributed by atoms with Gasteiger partial charge in [0.15, 0.2) is 0 Å². The zero-order valence-electron chi connectivity index (χ0n) is 37.1. The molecule has 4 aliphatic carbocycles. The lowest BCUT2D eigenvalue weighted by molar-refractivity contribution is 0.550. The summed E-state index contributed by atoms with van der Waals surface area (Å²) >= 11 is 0. The molecule has 1 saturated carbocycles. The van der Waals surface area contributed by atoms with Crippen molar-refractivity contribution in [3.05, 3.63) is 258 Å². The van der Waals surface area contributed by atoms with E-state index in [1.165, 1.54) is 147 Å². The zero-order chi connectivity index (χ0) is 43.8. The number of rotatable bonds is 4. The summed E-state index contributed by atoms with van der Waals surface area (Å²) in [4.78, 5) is 2.63. The highest BCUT2D eigenvalue weighted by atomic mass is 15.1. The summed E-state index contributed by atoms with van der Waals surface area (Å²) in [7, 11) is 0. The highest BCUT2D eigenvalue weighted by molar-refractivity contribution is 6.26. The summed E-state index contributed by atoms with van der Waals surface area (Å²) in [5.74, 6) is 0. The summed E-state index contributed by atoms with van der Waals surface area (Å²) in [5.41, 5.74) is 21.9. The molecule has 1 heteroatoms. The topological polar surface area (TPSA) is 3.24 Å². The summed E-state index contributed by atoms with van der Waals surface area (Å²) in [6.45, 7) is 0. The third kappa shape index (κ3) is 4.88. The molecule has 4 aliphatic rings. The lowest BCUT2D eigenvalue weighted by atomic mass is 9.70. The Hall–Kier alpha value is -8.00. The first-order valence-electron chi connectivity index (χ1n) is 24.1. The molecular weight excluding hydrogens is 807 g/mol. The van der Waals surface area contributed by atoms with Crippen LogP contribution in [0.5, 0.6) is 0 Å². The van der Waals surface area contributed by atoms with Crippen LogP contribution in [0.25, 0.3) is 76.8 Å². The van der Waals surface area contributed by atoms with Crippen LogP contribution in [0.2, 0.25) is 0 Å². The normalized spacial score (nSPS) is 15.2. The minimum Gasteiger partial charge on any atom is -0.310 e. The first-order valence-corrected chi connectivity index (χ1v) is 24.1. The molecule has 314 valence electrons. The maximum atomic E-state index is 2.63. The van der Waals surface area contributed by atoms with Crippen LogP contribution < -0.4 is 4.90 Å². The van der Waals surface area contributed by atoms with E-state index in [0.717, 1.165) is 5.69 Å². The Morgan fingerprint density at radius 2 is 0.731 bits per heavy atom. The van der Waals surface area contributed by atoms with Crippen LogP contribution in [-0.2, 0) is 10.8 Å². The van der Waals surface area contributed by atoms with Crippen molar-refractivity contribution in [1.82, 2.24) is 0 Å². The second kappa shape index (κ2) is 13.8. The van der Waals surface area contributed by atoms with Crippen molar-refractivity contribution in [2.45, 2.75) is 36.5 Å². The van der Waals surface area contributed by atoms with Crippen molar-refractivity contribution in [1.29, 1.82) is 0 Å². The van der Waals surface area contributed by atoms with E-state index in [4.69, 9.17) is 0 Å². The largest absolute Gasteiger partial charge is 0.310 e. The van der Waals surface area contributed by atoms with Gasteiger partial charge in [-0.1, -0.05) is 201 Å². The molecule has 15 rings (SSSR count). The van der Waals surface area contributed by atoms with E-state index in [2.05, 4.69) is 229 Å². The fourth-order valence-electron chi connectivity index (χ4n) is 13.7. The number of hydrogen-bond acceptors (Lipinski definition) is 1. The molecule has 0 radical (unpaired) electrons. The number of hydrogen-bond donors (Lipinski definition) is 0. The quantitative estimate of drug-likeness (QED) is 0.159. The molecule has 0 N–H and O–H groups in total. The highest BCUT2D eigenvalue weighted by Crippen LogP contribution is 2.65. The molecule has 0 unspecified atom stereocenters. The third-order valence-electron chi connectivity index (χ3n) is 16.4. The van der Waals surface area contributed by atoms with Gasteiger partial charge in [-0.2, -0.15) is 0 Å². The smallest absolute Gasteiger partial charge is 0.0726 e. The number of nitrogens with zero attached hydrogens (tertiary/aromatic N) is 1. The van der Waals surface area contributed by atoms with E-state index >= 15 is 0 Å². The molecule has 11 aromatic carbocycles. The fourth-order valence-corrected chi connectivity index (χ4v) is 13.7. The van der Waals surface area contributed by atoms with Crippen molar-refractivity contribution < 1.29 is 0 Å². The van der Waals surface area contributed by atoms with Gasteiger partial charge in [-0.05, 0) is 154 Å². The van der Waals surface area contributed by atoms with Crippen LogP contribution in [0.4, 0.5) is 17.1 Å². The second-order valence-corrected chi connectivity index (χ2v) is 19.4. The molecule has 0 bridgehead atoms. The summed E-state index contributed by atoms with van der Waals surface area (Å²) in [6.07, 6.45) is 4.87. The molecule has 67 heavy (non-hydrogen) atoms. The first-order chi connectivity index (χ1) is 33.2. The molecule has 0 saturated heterocycles. The van der Waals surface area contributed by atoms with Crippen molar-refractivity contribution in [2.75, 3.05) is 4.90 Å². The molecule has 0 aromatic heterocycles. The summed E-state index contributed by atoms with van der Waals surface area (Å²) < 4.78 is 0. The SMILES string of the molecule is c1ccc(-c2cc3c(cc2N(c2ccc4c(c2)C2(CCCC2)c2ccccc2-4)c2ccc4c5ccccc5c5ccccc5c4c2)C2(c4ccccc4-c4ccccc42)c2ccccc2-3)cc1. The van der Waals surface area contributed by atoms with Gasteiger partial charge in [-0.3, -0.25) is 0 Å². The molecule has 0 amide bonds. The van der Waals surface area contributed by atoms with Crippen molar-refractivity contribution >= 4 is 49.4 Å². The van der Waals surface area contributed by atoms with Crippen LogP contribution in [0.1, 0.15) is 59.1 Å². The summed E-state index contributed by atoms with van der Waals surface area (Å²) in [5, 5.41) is 7.68. The third-order valence-corrected chi connectivity index (χ3v) is 16.4. The minimum absolute atomic E-state index is 0.0231. The monoisotopic (exact) mass is 851 g/mol. The Morgan fingerprint density at radius 1 is 0.284 bits per heavy atom. The predicted octanol–water partition coefficient (Wildman–Crippen LogP) is 17.5. The lowest BCUT2D eigenvalue weighted by Crippen LogP contribution is -2.26. The Kier molecular flexibility index (Phi) is 7.65. The fraction of sp³-hybridized carbons (Fsp3) is 0.0909. The van der Waals surface area contributed by atoms with Gasteiger partial charge in [0.1, 0.15) is 0 Å². The van der Waals surface area contributed by atoms with E-state index in [0.29, 0.717) is 0 Å². The maximum absolute atomic E-state index is 2.63. The van der Waals surface area contributed by atoms with Crippen molar-refractivity contribution in [3.8, 4) is 44.5 Å². The molecule has 0 heterocycles. The number of fused-ring (bicyclic) bond motifs is 21. The zero-order valence-corrected chi connectivity index (χ0v) is 37.1. The Balaban J connectivity index is 1.07. The Morgan fingerprint density at radius 3 is 1.34 bits per heavy atom. The van der Waals surface area contributed by atoms with E-state index in [9.17, 15) is 0 Å². The van der Waals surface area contributed by atoms with Gasteiger partial charge in [0.2, 0.25) is 0 Å². The van der Waals surface area contributed by atoms with Crippen LogP contribution in [0.3, 0.4) is 0 Å². The predicted molar refractivity (Wildman–Crippen MR) is 280 cm³/mol.